The minimum absolute atomic E-state index is 0.0377. The van der Waals surface area contributed by atoms with Gasteiger partial charge in [0.2, 0.25) is 0 Å². The van der Waals surface area contributed by atoms with Crippen molar-refractivity contribution in [1.29, 1.82) is 0 Å². The Morgan fingerprint density at radius 2 is 1.88 bits per heavy atom. The molecule has 0 spiro atoms. The van der Waals surface area contributed by atoms with E-state index in [1.165, 1.54) is 38.5 Å². The summed E-state index contributed by atoms with van der Waals surface area (Å²) in [5.74, 6) is 1.38. The van der Waals surface area contributed by atoms with Gasteiger partial charge in [0.25, 0.3) is 0 Å². The highest BCUT2D eigenvalue weighted by molar-refractivity contribution is 5.74. The Hall–Kier alpha value is -0.810. The van der Waals surface area contributed by atoms with Crippen molar-refractivity contribution < 1.29 is 9.53 Å². The van der Waals surface area contributed by atoms with E-state index in [4.69, 9.17) is 4.74 Å². The molecule has 24 heavy (non-hydrogen) atoms. The molecule has 0 unspecified atom stereocenters. The van der Waals surface area contributed by atoms with Crippen molar-refractivity contribution in [3.8, 4) is 0 Å². The molecule has 0 bridgehead atoms. The quantitative estimate of drug-likeness (QED) is 0.811. The number of ether oxygens (including phenoxy) is 1. The second kappa shape index (κ2) is 9.04. The van der Waals surface area contributed by atoms with Crippen LogP contribution >= 0.6 is 0 Å². The molecule has 0 aromatic heterocycles. The first-order valence-electron chi connectivity index (χ1n) is 10.1. The number of hydrogen-bond donors (Lipinski definition) is 2. The summed E-state index contributed by atoms with van der Waals surface area (Å²) in [6, 6.07) is 0.670. The standard InChI is InChI=1S/C19H35N3O2/c1-15(17-5-3-2-4-6-17)20-19(23)21-18-7-10-22(11-8-18)13-16-9-12-24-14-16/h15-18H,2-14H2,1H3,(H2,20,21,23)/t15-,16+/m1/s1. The van der Waals surface area contributed by atoms with E-state index in [1.54, 1.807) is 0 Å². The molecule has 3 aliphatic rings. The van der Waals surface area contributed by atoms with E-state index in [1.807, 2.05) is 0 Å². The maximum atomic E-state index is 12.3. The van der Waals surface area contributed by atoms with E-state index in [-0.39, 0.29) is 6.03 Å². The number of piperidine rings is 1. The maximum absolute atomic E-state index is 12.3. The zero-order valence-electron chi connectivity index (χ0n) is 15.3. The van der Waals surface area contributed by atoms with E-state index in [0.29, 0.717) is 23.9 Å². The van der Waals surface area contributed by atoms with Gasteiger partial charge in [-0.1, -0.05) is 19.3 Å². The number of nitrogens with one attached hydrogen (secondary N) is 2. The van der Waals surface area contributed by atoms with Gasteiger partial charge in [-0.25, -0.2) is 4.79 Å². The number of carbonyl (C=O) groups excluding carboxylic acids is 1. The Morgan fingerprint density at radius 3 is 2.54 bits per heavy atom. The molecule has 2 amide bonds. The highest BCUT2D eigenvalue weighted by Gasteiger charge is 2.26. The second-order valence-corrected chi connectivity index (χ2v) is 8.11. The van der Waals surface area contributed by atoms with Crippen LogP contribution in [0.5, 0.6) is 0 Å². The number of carbonyl (C=O) groups is 1. The van der Waals surface area contributed by atoms with Gasteiger partial charge in [-0.15, -0.1) is 0 Å². The van der Waals surface area contributed by atoms with Crippen LogP contribution in [0, 0.1) is 11.8 Å². The minimum Gasteiger partial charge on any atom is -0.381 e. The van der Waals surface area contributed by atoms with Gasteiger partial charge in [0.05, 0.1) is 6.61 Å². The van der Waals surface area contributed by atoms with Crippen molar-refractivity contribution in [3.63, 3.8) is 0 Å². The molecule has 0 aromatic rings. The fourth-order valence-electron chi connectivity index (χ4n) is 4.54. The molecule has 2 N–H and O–H groups in total. The Morgan fingerprint density at radius 1 is 1.12 bits per heavy atom. The second-order valence-electron chi connectivity index (χ2n) is 8.11. The summed E-state index contributed by atoms with van der Waals surface area (Å²) in [4.78, 5) is 14.8. The third kappa shape index (κ3) is 5.35. The molecule has 5 heteroatoms. The monoisotopic (exact) mass is 337 g/mol. The van der Waals surface area contributed by atoms with Crippen LogP contribution in [-0.4, -0.2) is 55.9 Å². The fourth-order valence-corrected chi connectivity index (χ4v) is 4.54. The number of likely N-dealkylation sites (tertiary alicyclic amines) is 1. The van der Waals surface area contributed by atoms with Gasteiger partial charge in [-0.05, 0) is 50.9 Å². The Balaban J connectivity index is 1.32. The molecule has 2 aliphatic heterocycles. The molecule has 2 saturated heterocycles. The molecule has 0 aromatic carbocycles. The van der Waals surface area contributed by atoms with Crippen LogP contribution in [0.1, 0.15) is 58.3 Å². The van der Waals surface area contributed by atoms with E-state index < -0.39 is 0 Å². The summed E-state index contributed by atoms with van der Waals surface area (Å²) >= 11 is 0. The third-order valence-corrected chi connectivity index (χ3v) is 6.18. The van der Waals surface area contributed by atoms with Crippen molar-refractivity contribution in [3.05, 3.63) is 0 Å². The maximum Gasteiger partial charge on any atom is 0.315 e. The lowest BCUT2D eigenvalue weighted by molar-refractivity contribution is 0.147. The number of urea groups is 1. The summed E-state index contributed by atoms with van der Waals surface area (Å²) in [7, 11) is 0. The topological polar surface area (TPSA) is 53.6 Å². The van der Waals surface area contributed by atoms with E-state index in [9.17, 15) is 4.79 Å². The van der Waals surface area contributed by atoms with Crippen LogP contribution in [0.4, 0.5) is 4.79 Å². The van der Waals surface area contributed by atoms with Crippen molar-refractivity contribution in [2.45, 2.75) is 70.4 Å². The van der Waals surface area contributed by atoms with E-state index >= 15 is 0 Å². The number of hydrogen-bond acceptors (Lipinski definition) is 3. The van der Waals surface area contributed by atoms with Crippen LogP contribution < -0.4 is 10.6 Å². The van der Waals surface area contributed by atoms with Gasteiger partial charge >= 0.3 is 6.03 Å². The highest BCUT2D eigenvalue weighted by Crippen LogP contribution is 2.26. The summed E-state index contributed by atoms with van der Waals surface area (Å²) in [6.45, 7) is 7.39. The lowest BCUT2D eigenvalue weighted by Crippen LogP contribution is -2.51. The van der Waals surface area contributed by atoms with Crippen molar-refractivity contribution >= 4 is 6.03 Å². The molecule has 3 rings (SSSR count). The fraction of sp³-hybridized carbons (Fsp3) is 0.947. The van der Waals surface area contributed by atoms with Gasteiger partial charge in [0, 0.05) is 38.3 Å². The SMILES string of the molecule is C[C@@H](NC(=O)NC1CCN(C[C@@H]2CCOC2)CC1)C1CCCCC1. The van der Waals surface area contributed by atoms with Crippen molar-refractivity contribution in [2.24, 2.45) is 11.8 Å². The Bertz CT molecular complexity index is 384. The Kier molecular flexibility index (Phi) is 6.78. The summed E-state index contributed by atoms with van der Waals surface area (Å²) in [6.07, 6.45) is 9.89. The Labute approximate surface area is 146 Å². The number of rotatable bonds is 5. The summed E-state index contributed by atoms with van der Waals surface area (Å²) in [5.41, 5.74) is 0. The average Bonchev–Trinajstić information content (AvgIpc) is 3.10. The van der Waals surface area contributed by atoms with Gasteiger partial charge in [-0.2, -0.15) is 0 Å². The van der Waals surface area contributed by atoms with Crippen molar-refractivity contribution in [2.75, 3.05) is 32.8 Å². The normalized spacial score (nSPS) is 28.6. The van der Waals surface area contributed by atoms with Gasteiger partial charge in [-0.3, -0.25) is 0 Å². The molecular weight excluding hydrogens is 302 g/mol. The van der Waals surface area contributed by atoms with E-state index in [0.717, 1.165) is 45.7 Å². The van der Waals surface area contributed by atoms with Gasteiger partial charge in [0.1, 0.15) is 0 Å². The smallest absolute Gasteiger partial charge is 0.315 e. The molecule has 3 fully saturated rings. The predicted octanol–water partition coefficient (Wildman–Crippen LogP) is 2.76. The molecule has 5 nitrogen and oxygen atoms in total. The minimum atomic E-state index is 0.0377. The molecular formula is C19H35N3O2. The first-order chi connectivity index (χ1) is 11.7. The van der Waals surface area contributed by atoms with Gasteiger partial charge < -0.3 is 20.3 Å². The molecule has 138 valence electrons. The van der Waals surface area contributed by atoms with E-state index in [2.05, 4.69) is 22.5 Å². The molecule has 1 aliphatic carbocycles. The van der Waals surface area contributed by atoms with Crippen molar-refractivity contribution in [1.82, 2.24) is 15.5 Å². The van der Waals surface area contributed by atoms with Crippen LogP contribution in [0.2, 0.25) is 0 Å². The summed E-state index contributed by atoms with van der Waals surface area (Å²) in [5, 5.41) is 6.39. The molecule has 2 heterocycles. The first kappa shape index (κ1) is 18.0. The largest absolute Gasteiger partial charge is 0.381 e. The zero-order valence-corrected chi connectivity index (χ0v) is 15.3. The third-order valence-electron chi connectivity index (χ3n) is 6.18. The van der Waals surface area contributed by atoms with Crippen LogP contribution in [0.3, 0.4) is 0 Å². The number of nitrogens with zero attached hydrogens (tertiary/aromatic N) is 1. The predicted molar refractivity (Wildman–Crippen MR) is 96.1 cm³/mol. The number of amides is 2. The lowest BCUT2D eigenvalue weighted by atomic mass is 9.84. The van der Waals surface area contributed by atoms with Gasteiger partial charge in [0.15, 0.2) is 0 Å². The molecule has 2 atom stereocenters. The molecule has 0 radical (unpaired) electrons. The summed E-state index contributed by atoms with van der Waals surface area (Å²) < 4.78 is 5.47. The van der Waals surface area contributed by atoms with Crippen LogP contribution in [0.25, 0.3) is 0 Å². The highest BCUT2D eigenvalue weighted by atomic mass is 16.5. The molecule has 1 saturated carbocycles. The zero-order chi connectivity index (χ0) is 16.8. The van der Waals surface area contributed by atoms with Crippen LogP contribution in [-0.2, 0) is 4.74 Å². The van der Waals surface area contributed by atoms with Crippen LogP contribution in [0.15, 0.2) is 0 Å². The lowest BCUT2D eigenvalue weighted by Gasteiger charge is -2.34. The first-order valence-corrected chi connectivity index (χ1v) is 10.1. The average molecular weight is 338 g/mol.